The second-order valence-electron chi connectivity index (χ2n) is 7.97. The number of hydrogen-bond donors (Lipinski definition) is 2. The molecule has 1 saturated carbocycles. The molecule has 1 aliphatic carbocycles. The average Bonchev–Trinajstić information content (AvgIpc) is 2.60. The van der Waals surface area contributed by atoms with Gasteiger partial charge in [-0.25, -0.2) is 4.39 Å². The first-order valence-corrected chi connectivity index (χ1v) is 9.90. The Labute approximate surface area is 156 Å². The lowest BCUT2D eigenvalue weighted by atomic mass is 9.90. The quantitative estimate of drug-likeness (QED) is 0.624. The Morgan fingerprint density at radius 3 is 2.50 bits per heavy atom. The first kappa shape index (κ1) is 20.5. The smallest absolute Gasteiger partial charge is 0.303 e. The van der Waals surface area contributed by atoms with Gasteiger partial charge in [-0.1, -0.05) is 40.0 Å². The highest BCUT2D eigenvalue weighted by Crippen LogP contribution is 2.36. The van der Waals surface area contributed by atoms with Gasteiger partial charge in [0.05, 0.1) is 17.8 Å². The normalized spacial score (nSPS) is 16.7. The molecule has 5 heteroatoms. The molecular weight excluding hydrogens is 331 g/mol. The number of hydrogen-bond acceptors (Lipinski definition) is 3. The Hall–Kier alpha value is -1.78. The third kappa shape index (κ3) is 5.12. The van der Waals surface area contributed by atoms with Crippen molar-refractivity contribution in [2.45, 2.75) is 77.7 Å². The summed E-state index contributed by atoms with van der Waals surface area (Å²) in [5.74, 6) is -1.15. The number of carboxylic acid groups (broad SMARTS) is 1. The Kier molecular flexibility index (Phi) is 7.30. The van der Waals surface area contributed by atoms with E-state index < -0.39 is 5.97 Å². The zero-order valence-corrected chi connectivity index (χ0v) is 16.3. The zero-order valence-electron chi connectivity index (χ0n) is 16.3. The topological polar surface area (TPSA) is 66.6 Å². The van der Waals surface area contributed by atoms with Crippen LogP contribution in [0.2, 0.25) is 0 Å². The van der Waals surface area contributed by atoms with E-state index in [1.165, 1.54) is 25.3 Å². The Morgan fingerprint density at radius 1 is 1.31 bits per heavy atom. The van der Waals surface area contributed by atoms with Gasteiger partial charge < -0.3 is 15.7 Å². The maximum absolute atomic E-state index is 14.9. The van der Waals surface area contributed by atoms with Crippen molar-refractivity contribution in [3.05, 3.63) is 23.5 Å². The van der Waals surface area contributed by atoms with Gasteiger partial charge in [0, 0.05) is 12.6 Å². The summed E-state index contributed by atoms with van der Waals surface area (Å²) in [4.78, 5) is 13.4. The van der Waals surface area contributed by atoms with Crippen LogP contribution in [0, 0.1) is 11.7 Å². The fourth-order valence-electron chi connectivity index (χ4n) is 4.07. The number of rotatable bonds is 8. The molecule has 0 saturated heterocycles. The predicted molar refractivity (Wildman–Crippen MR) is 105 cm³/mol. The molecule has 1 unspecified atom stereocenters. The second-order valence-corrected chi connectivity index (χ2v) is 7.97. The highest BCUT2D eigenvalue weighted by atomic mass is 19.1. The molecule has 0 aromatic heterocycles. The monoisotopic (exact) mass is 364 g/mol. The first-order chi connectivity index (χ1) is 12.3. The van der Waals surface area contributed by atoms with Gasteiger partial charge in [-0.15, -0.1) is 0 Å². The van der Waals surface area contributed by atoms with Crippen LogP contribution >= 0.6 is 0 Å². The molecule has 1 aliphatic rings. The number of benzene rings is 1. The van der Waals surface area contributed by atoms with Crippen LogP contribution in [-0.2, 0) is 4.79 Å². The van der Waals surface area contributed by atoms with Gasteiger partial charge in [-0.3, -0.25) is 4.79 Å². The third-order valence-corrected chi connectivity index (χ3v) is 5.39. The molecule has 0 heterocycles. The van der Waals surface area contributed by atoms with Gasteiger partial charge in [-0.05, 0) is 48.8 Å². The standard InChI is InChI=1S/C21H33FN2O2/c1-4-15(10-21(25)26)17-11-19(23)20(12-18(17)22)24(13-14(2)3)16-8-6-5-7-9-16/h11-12,14-16H,4-10,13,23H2,1-3H3,(H,25,26). The molecule has 146 valence electrons. The average molecular weight is 365 g/mol. The molecular formula is C21H33FN2O2. The fraction of sp³-hybridized carbons (Fsp3) is 0.667. The zero-order chi connectivity index (χ0) is 19.3. The Morgan fingerprint density at radius 2 is 1.96 bits per heavy atom. The van der Waals surface area contributed by atoms with Gasteiger partial charge in [-0.2, -0.15) is 0 Å². The number of halogens is 1. The van der Waals surface area contributed by atoms with E-state index in [0.29, 0.717) is 29.6 Å². The van der Waals surface area contributed by atoms with Crippen LogP contribution in [0.3, 0.4) is 0 Å². The number of nitrogens with zero attached hydrogens (tertiary/aromatic N) is 1. The maximum Gasteiger partial charge on any atom is 0.303 e. The molecule has 0 spiro atoms. The predicted octanol–water partition coefficient (Wildman–Crippen LogP) is 5.17. The molecule has 3 N–H and O–H groups in total. The third-order valence-electron chi connectivity index (χ3n) is 5.39. The molecule has 2 rings (SSSR count). The molecule has 1 aromatic rings. The Balaban J connectivity index is 2.36. The number of anilines is 2. The summed E-state index contributed by atoms with van der Waals surface area (Å²) >= 11 is 0. The number of carboxylic acids is 1. The van der Waals surface area contributed by atoms with Gasteiger partial charge in [0.25, 0.3) is 0 Å². The Bertz CT molecular complexity index is 612. The SMILES string of the molecule is CCC(CC(=O)O)c1cc(N)c(N(CC(C)C)C2CCCCC2)cc1F. The largest absolute Gasteiger partial charge is 0.481 e. The van der Waals surface area contributed by atoms with Crippen LogP contribution in [0.25, 0.3) is 0 Å². The van der Waals surface area contributed by atoms with Crippen molar-refractivity contribution in [2.24, 2.45) is 5.92 Å². The molecule has 1 aromatic carbocycles. The molecule has 1 atom stereocenters. The molecule has 0 amide bonds. The van der Waals surface area contributed by atoms with Gasteiger partial charge in [0.1, 0.15) is 5.82 Å². The van der Waals surface area contributed by atoms with Crippen LogP contribution in [0.1, 0.15) is 77.2 Å². The summed E-state index contributed by atoms with van der Waals surface area (Å²) < 4.78 is 14.9. The number of nitrogen functional groups attached to an aromatic ring is 1. The van der Waals surface area contributed by atoms with Crippen LogP contribution in [-0.4, -0.2) is 23.7 Å². The van der Waals surface area contributed by atoms with Crippen LogP contribution in [0.15, 0.2) is 12.1 Å². The van der Waals surface area contributed by atoms with Crippen LogP contribution < -0.4 is 10.6 Å². The van der Waals surface area contributed by atoms with Crippen molar-refractivity contribution >= 4 is 17.3 Å². The molecule has 0 radical (unpaired) electrons. The van der Waals surface area contributed by atoms with Crippen molar-refractivity contribution in [3.63, 3.8) is 0 Å². The summed E-state index contributed by atoms with van der Waals surface area (Å²) in [6.45, 7) is 7.05. The minimum Gasteiger partial charge on any atom is -0.481 e. The van der Waals surface area contributed by atoms with E-state index in [4.69, 9.17) is 10.8 Å². The van der Waals surface area contributed by atoms with Crippen LogP contribution in [0.5, 0.6) is 0 Å². The van der Waals surface area contributed by atoms with E-state index in [2.05, 4.69) is 18.7 Å². The summed E-state index contributed by atoms with van der Waals surface area (Å²) in [7, 11) is 0. The van der Waals surface area contributed by atoms with Crippen LogP contribution in [0.4, 0.5) is 15.8 Å². The van der Waals surface area contributed by atoms with Gasteiger partial charge in [0.2, 0.25) is 0 Å². The van der Waals surface area contributed by atoms with E-state index in [1.807, 2.05) is 6.92 Å². The van der Waals surface area contributed by atoms with Crippen molar-refractivity contribution < 1.29 is 14.3 Å². The van der Waals surface area contributed by atoms with Crippen molar-refractivity contribution in [1.82, 2.24) is 0 Å². The molecule has 4 nitrogen and oxygen atoms in total. The van der Waals surface area contributed by atoms with Gasteiger partial charge >= 0.3 is 5.97 Å². The lowest BCUT2D eigenvalue weighted by molar-refractivity contribution is -0.137. The van der Waals surface area contributed by atoms with Crippen molar-refractivity contribution in [1.29, 1.82) is 0 Å². The minimum absolute atomic E-state index is 0.0788. The number of nitrogens with two attached hydrogens (primary N) is 1. The van der Waals surface area contributed by atoms with E-state index >= 15 is 0 Å². The molecule has 26 heavy (non-hydrogen) atoms. The minimum atomic E-state index is -0.914. The summed E-state index contributed by atoms with van der Waals surface area (Å²) in [6.07, 6.45) is 6.40. The molecule has 0 bridgehead atoms. The van der Waals surface area contributed by atoms with E-state index in [9.17, 15) is 9.18 Å². The van der Waals surface area contributed by atoms with Crippen molar-refractivity contribution in [3.8, 4) is 0 Å². The highest BCUT2D eigenvalue weighted by molar-refractivity contribution is 5.71. The van der Waals surface area contributed by atoms with Crippen molar-refractivity contribution in [2.75, 3.05) is 17.2 Å². The summed E-state index contributed by atoms with van der Waals surface area (Å²) in [5, 5.41) is 9.09. The maximum atomic E-state index is 14.9. The highest BCUT2D eigenvalue weighted by Gasteiger charge is 2.26. The lowest BCUT2D eigenvalue weighted by Gasteiger charge is -2.38. The first-order valence-electron chi connectivity index (χ1n) is 9.90. The number of aliphatic carboxylic acids is 1. The van der Waals surface area contributed by atoms with Gasteiger partial charge in [0.15, 0.2) is 0 Å². The van der Waals surface area contributed by atoms with E-state index in [-0.39, 0.29) is 18.2 Å². The summed E-state index contributed by atoms with van der Waals surface area (Å²) in [5.41, 5.74) is 8.08. The van der Waals surface area contributed by atoms with E-state index in [0.717, 1.165) is 25.1 Å². The second kappa shape index (κ2) is 9.24. The fourth-order valence-corrected chi connectivity index (χ4v) is 4.07. The summed E-state index contributed by atoms with van der Waals surface area (Å²) in [6, 6.07) is 3.60. The number of carbonyl (C=O) groups is 1. The molecule has 1 fully saturated rings. The molecule has 0 aliphatic heterocycles. The van der Waals surface area contributed by atoms with E-state index in [1.54, 1.807) is 6.07 Å². The lowest BCUT2D eigenvalue weighted by Crippen LogP contribution is -2.40.